The Hall–Kier alpha value is -1.83. The van der Waals surface area contributed by atoms with Crippen molar-refractivity contribution in [3.8, 4) is 11.1 Å². The van der Waals surface area contributed by atoms with Crippen LogP contribution in [0.4, 0.5) is 0 Å². The molecule has 2 rings (SSSR count). The average Bonchev–Trinajstić information content (AvgIpc) is 2.64. The summed E-state index contributed by atoms with van der Waals surface area (Å²) in [5, 5.41) is 0. The molecule has 0 amide bonds. The second-order valence-electron chi connectivity index (χ2n) is 6.44. The molecule has 0 saturated carbocycles. The fraction of sp³-hybridized carbons (Fsp3) is 0.522. The summed E-state index contributed by atoms with van der Waals surface area (Å²) in [5.41, 5.74) is 8.90. The van der Waals surface area contributed by atoms with Gasteiger partial charge in [-0.15, -0.1) is 0 Å². The lowest BCUT2D eigenvalue weighted by molar-refractivity contribution is 0.844. The molecule has 2 heteroatoms. The van der Waals surface area contributed by atoms with Crippen LogP contribution >= 0.6 is 0 Å². The summed E-state index contributed by atoms with van der Waals surface area (Å²) in [5.74, 6) is 0. The zero-order chi connectivity index (χ0) is 19.1. The monoisotopic (exact) mass is 341 g/mol. The van der Waals surface area contributed by atoms with Gasteiger partial charge < -0.3 is 4.57 Å². The molecule has 0 aliphatic rings. The first-order valence-electron chi connectivity index (χ1n) is 9.76. The maximum atomic E-state index is 12.1. The second-order valence-corrected chi connectivity index (χ2v) is 6.44. The third kappa shape index (κ3) is 4.42. The van der Waals surface area contributed by atoms with Crippen LogP contribution in [0.2, 0.25) is 0 Å². The summed E-state index contributed by atoms with van der Waals surface area (Å²) in [7, 11) is 1.84. The van der Waals surface area contributed by atoms with E-state index in [1.807, 2.05) is 34.0 Å². The molecule has 1 heterocycles. The van der Waals surface area contributed by atoms with Crippen LogP contribution in [-0.4, -0.2) is 4.57 Å². The Balaban J connectivity index is 0.00000151. The van der Waals surface area contributed by atoms with Gasteiger partial charge in [-0.1, -0.05) is 53.2 Å². The van der Waals surface area contributed by atoms with Gasteiger partial charge in [-0.25, -0.2) is 0 Å². The van der Waals surface area contributed by atoms with Crippen LogP contribution < -0.4 is 5.56 Å². The topological polar surface area (TPSA) is 22.0 Å². The molecule has 0 fully saturated rings. The van der Waals surface area contributed by atoms with E-state index >= 15 is 0 Å². The van der Waals surface area contributed by atoms with Crippen molar-refractivity contribution in [3.05, 3.63) is 56.5 Å². The van der Waals surface area contributed by atoms with E-state index in [2.05, 4.69) is 39.8 Å². The molecule has 0 aliphatic heterocycles. The lowest BCUT2D eigenvalue weighted by Crippen LogP contribution is -2.20. The zero-order valence-electron chi connectivity index (χ0n) is 17.4. The van der Waals surface area contributed by atoms with E-state index in [0.29, 0.717) is 0 Å². The second kappa shape index (κ2) is 9.60. The predicted molar refractivity (Wildman–Crippen MR) is 111 cm³/mol. The van der Waals surface area contributed by atoms with Gasteiger partial charge in [0, 0.05) is 24.4 Å². The van der Waals surface area contributed by atoms with E-state index in [4.69, 9.17) is 0 Å². The van der Waals surface area contributed by atoms with Crippen molar-refractivity contribution in [1.29, 1.82) is 0 Å². The third-order valence-electron chi connectivity index (χ3n) is 4.93. The van der Waals surface area contributed by atoms with Gasteiger partial charge in [0.15, 0.2) is 0 Å². The van der Waals surface area contributed by atoms with E-state index in [0.717, 1.165) is 36.8 Å². The van der Waals surface area contributed by atoms with Crippen molar-refractivity contribution in [3.63, 3.8) is 0 Å². The maximum absolute atomic E-state index is 12.1. The molecule has 1 aromatic carbocycles. The van der Waals surface area contributed by atoms with E-state index in [-0.39, 0.29) is 5.56 Å². The van der Waals surface area contributed by atoms with Crippen molar-refractivity contribution < 1.29 is 0 Å². The van der Waals surface area contributed by atoms with Crippen LogP contribution in [0, 0.1) is 13.8 Å². The number of nitrogens with zero attached hydrogens (tertiary/aromatic N) is 1. The minimum atomic E-state index is 0.0981. The summed E-state index contributed by atoms with van der Waals surface area (Å²) < 4.78 is 1.70. The maximum Gasteiger partial charge on any atom is 0.253 e. The van der Waals surface area contributed by atoms with Gasteiger partial charge in [0.2, 0.25) is 0 Å². The van der Waals surface area contributed by atoms with E-state index in [1.165, 1.54) is 27.8 Å². The normalized spacial score (nSPS) is 10.4. The van der Waals surface area contributed by atoms with Crippen LogP contribution in [0.25, 0.3) is 11.1 Å². The molecular weight excluding hydrogens is 306 g/mol. The quantitative estimate of drug-likeness (QED) is 0.676. The lowest BCUT2D eigenvalue weighted by atomic mass is 9.89. The SMILES string of the molecule is CC.CCCc1cc(-c2cn(C)c(=O)c(C)c2C)cc(CC)c1CC. The molecule has 1 aromatic heterocycles. The molecule has 0 saturated heterocycles. The summed E-state index contributed by atoms with van der Waals surface area (Å²) >= 11 is 0. The number of pyridine rings is 1. The van der Waals surface area contributed by atoms with Crippen LogP contribution in [-0.2, 0) is 26.3 Å². The highest BCUT2D eigenvalue weighted by Gasteiger charge is 2.13. The van der Waals surface area contributed by atoms with Gasteiger partial charge in [0.1, 0.15) is 0 Å². The molecule has 0 bridgehead atoms. The summed E-state index contributed by atoms with van der Waals surface area (Å²) in [6.45, 7) is 14.7. The number of rotatable bonds is 5. The highest BCUT2D eigenvalue weighted by atomic mass is 16.1. The van der Waals surface area contributed by atoms with Gasteiger partial charge >= 0.3 is 0 Å². The first-order valence-corrected chi connectivity index (χ1v) is 9.76. The molecular formula is C23H35NO. The number of aryl methyl sites for hydroxylation is 3. The first-order chi connectivity index (χ1) is 11.9. The first kappa shape index (κ1) is 21.2. The van der Waals surface area contributed by atoms with Crippen LogP contribution in [0.3, 0.4) is 0 Å². The van der Waals surface area contributed by atoms with Crippen molar-refractivity contribution in [2.24, 2.45) is 7.05 Å². The lowest BCUT2D eigenvalue weighted by Gasteiger charge is -2.18. The molecule has 0 unspecified atom stereocenters. The van der Waals surface area contributed by atoms with Gasteiger partial charge in [-0.3, -0.25) is 4.79 Å². The molecule has 2 nitrogen and oxygen atoms in total. The van der Waals surface area contributed by atoms with Crippen LogP contribution in [0.15, 0.2) is 23.1 Å². The number of aromatic nitrogens is 1. The summed E-state index contributed by atoms with van der Waals surface area (Å²) in [4.78, 5) is 12.1. The predicted octanol–water partition coefficient (Wildman–Crippen LogP) is 5.77. The Labute approximate surface area is 153 Å². The minimum absolute atomic E-state index is 0.0981. The standard InChI is InChI=1S/C21H29NO.C2H6/c1-7-10-17-12-18(11-16(8-2)19(17)9-3)20-13-22(6)21(23)15(5)14(20)4;1-2/h11-13H,7-10H2,1-6H3;1-2H3. The third-order valence-corrected chi connectivity index (χ3v) is 4.93. The Bertz CT molecular complexity index is 769. The molecule has 0 N–H and O–H groups in total. The van der Waals surface area contributed by atoms with Gasteiger partial charge in [-0.2, -0.15) is 0 Å². The smallest absolute Gasteiger partial charge is 0.253 e. The number of benzene rings is 1. The molecule has 138 valence electrons. The molecule has 0 aliphatic carbocycles. The molecule has 25 heavy (non-hydrogen) atoms. The molecule has 0 radical (unpaired) electrons. The highest BCUT2D eigenvalue weighted by molar-refractivity contribution is 5.70. The van der Waals surface area contributed by atoms with Gasteiger partial charge in [-0.05, 0) is 60.9 Å². The van der Waals surface area contributed by atoms with Crippen molar-refractivity contribution in [2.45, 2.75) is 74.1 Å². The number of hydrogen-bond acceptors (Lipinski definition) is 1. The van der Waals surface area contributed by atoms with Gasteiger partial charge in [0.25, 0.3) is 5.56 Å². The highest BCUT2D eigenvalue weighted by Crippen LogP contribution is 2.30. The minimum Gasteiger partial charge on any atom is -0.318 e. The molecule has 0 atom stereocenters. The summed E-state index contributed by atoms with van der Waals surface area (Å²) in [6.07, 6.45) is 6.40. The Morgan fingerprint density at radius 2 is 1.52 bits per heavy atom. The summed E-state index contributed by atoms with van der Waals surface area (Å²) in [6, 6.07) is 4.66. The Morgan fingerprint density at radius 3 is 2.04 bits per heavy atom. The van der Waals surface area contributed by atoms with Crippen molar-refractivity contribution in [2.75, 3.05) is 0 Å². The average molecular weight is 342 g/mol. The van der Waals surface area contributed by atoms with E-state index < -0.39 is 0 Å². The Kier molecular flexibility index (Phi) is 8.15. The molecule has 0 spiro atoms. The largest absolute Gasteiger partial charge is 0.318 e. The van der Waals surface area contributed by atoms with Crippen molar-refractivity contribution in [1.82, 2.24) is 4.57 Å². The fourth-order valence-corrected chi connectivity index (χ4v) is 3.48. The van der Waals surface area contributed by atoms with Crippen LogP contribution in [0.5, 0.6) is 0 Å². The Morgan fingerprint density at radius 1 is 0.920 bits per heavy atom. The van der Waals surface area contributed by atoms with E-state index in [9.17, 15) is 4.79 Å². The van der Waals surface area contributed by atoms with Crippen LogP contribution in [0.1, 0.15) is 68.9 Å². The van der Waals surface area contributed by atoms with Crippen molar-refractivity contribution >= 4 is 0 Å². The van der Waals surface area contributed by atoms with Gasteiger partial charge in [0.05, 0.1) is 0 Å². The van der Waals surface area contributed by atoms with E-state index in [1.54, 1.807) is 4.57 Å². The zero-order valence-corrected chi connectivity index (χ0v) is 17.4. The molecule has 2 aromatic rings. The fourth-order valence-electron chi connectivity index (χ4n) is 3.48. The number of hydrogen-bond donors (Lipinski definition) is 0.